The van der Waals surface area contributed by atoms with Crippen molar-refractivity contribution >= 4 is 11.9 Å². The van der Waals surface area contributed by atoms with E-state index in [-0.39, 0.29) is 24.4 Å². The van der Waals surface area contributed by atoms with Crippen molar-refractivity contribution in [2.24, 2.45) is 0 Å². The highest BCUT2D eigenvalue weighted by molar-refractivity contribution is 5.82. The largest absolute Gasteiger partial charge is 0.481 e. The molecule has 5 heteroatoms. The predicted molar refractivity (Wildman–Crippen MR) is 55.5 cm³/mol. The first-order valence-electron chi connectivity index (χ1n) is 5.25. The normalized spacial score (nSPS) is 17.2. The molecule has 15 heavy (non-hydrogen) atoms. The maximum Gasteiger partial charge on any atom is 0.305 e. The van der Waals surface area contributed by atoms with E-state index < -0.39 is 5.97 Å². The Hall–Kier alpha value is -1.10. The van der Waals surface area contributed by atoms with Gasteiger partial charge in [-0.3, -0.25) is 9.59 Å². The fraction of sp³-hybridized carbons (Fsp3) is 0.800. The molecule has 0 aromatic rings. The van der Waals surface area contributed by atoms with E-state index in [1.165, 1.54) is 0 Å². The molecule has 1 rings (SSSR count). The van der Waals surface area contributed by atoms with Gasteiger partial charge in [0.2, 0.25) is 5.91 Å². The van der Waals surface area contributed by atoms with Gasteiger partial charge in [-0.2, -0.15) is 0 Å². The van der Waals surface area contributed by atoms with Crippen LogP contribution in [0.3, 0.4) is 0 Å². The summed E-state index contributed by atoms with van der Waals surface area (Å²) in [5, 5.41) is 11.5. The maximum absolute atomic E-state index is 11.8. The summed E-state index contributed by atoms with van der Waals surface area (Å²) in [7, 11) is 1.73. The Morgan fingerprint density at radius 3 is 2.53 bits per heavy atom. The first-order chi connectivity index (χ1) is 7.06. The van der Waals surface area contributed by atoms with Crippen molar-refractivity contribution in [3.05, 3.63) is 0 Å². The minimum absolute atomic E-state index is 0.00116. The number of likely N-dealkylation sites (N-methyl/N-ethyl adjacent to an activating group) is 1. The van der Waals surface area contributed by atoms with Crippen molar-refractivity contribution < 1.29 is 14.7 Å². The third kappa shape index (κ3) is 3.51. The second kappa shape index (κ2) is 5.11. The lowest BCUT2D eigenvalue weighted by atomic mass is 10.2. The Kier molecular flexibility index (Phi) is 4.08. The fourth-order valence-electron chi connectivity index (χ4n) is 1.45. The number of amides is 1. The van der Waals surface area contributed by atoms with Crippen molar-refractivity contribution in [3.63, 3.8) is 0 Å². The Morgan fingerprint density at radius 2 is 2.13 bits per heavy atom. The highest BCUT2D eigenvalue weighted by atomic mass is 16.4. The molecular weight excluding hydrogens is 196 g/mol. The predicted octanol–water partition coefficient (Wildman–Crippen LogP) is 0.0600. The number of carboxylic acid groups (broad SMARTS) is 1. The van der Waals surface area contributed by atoms with Gasteiger partial charge in [-0.15, -0.1) is 0 Å². The number of nitrogens with zero attached hydrogens (tertiary/aromatic N) is 1. The van der Waals surface area contributed by atoms with Gasteiger partial charge >= 0.3 is 5.97 Å². The summed E-state index contributed by atoms with van der Waals surface area (Å²) < 4.78 is 0. The molecule has 1 aliphatic rings. The number of carboxylic acids is 1. The van der Waals surface area contributed by atoms with Crippen LogP contribution in [0.4, 0.5) is 0 Å². The molecule has 1 unspecified atom stereocenters. The molecule has 0 heterocycles. The monoisotopic (exact) mass is 214 g/mol. The van der Waals surface area contributed by atoms with E-state index in [4.69, 9.17) is 5.11 Å². The number of aliphatic carboxylic acids is 1. The van der Waals surface area contributed by atoms with Gasteiger partial charge in [-0.1, -0.05) is 0 Å². The zero-order valence-corrected chi connectivity index (χ0v) is 9.19. The molecule has 0 aromatic heterocycles. The first-order valence-corrected chi connectivity index (χ1v) is 5.25. The lowest BCUT2D eigenvalue weighted by Crippen LogP contribution is -2.45. The van der Waals surface area contributed by atoms with Gasteiger partial charge in [0.1, 0.15) is 0 Å². The molecule has 0 bridgehead atoms. The van der Waals surface area contributed by atoms with Crippen LogP contribution in [0.1, 0.15) is 26.2 Å². The summed E-state index contributed by atoms with van der Waals surface area (Å²) in [4.78, 5) is 24.0. The summed E-state index contributed by atoms with van der Waals surface area (Å²) in [6.45, 7) is 2.11. The molecule has 0 aromatic carbocycles. The average Bonchev–Trinajstić information content (AvgIpc) is 3.00. The van der Waals surface area contributed by atoms with Crippen LogP contribution < -0.4 is 5.32 Å². The van der Waals surface area contributed by atoms with Gasteiger partial charge in [0.15, 0.2) is 0 Å². The molecular formula is C10H18N2O3. The fourth-order valence-corrected chi connectivity index (χ4v) is 1.45. The van der Waals surface area contributed by atoms with Crippen molar-refractivity contribution in [2.75, 3.05) is 13.6 Å². The molecule has 1 amide bonds. The quantitative estimate of drug-likeness (QED) is 0.656. The summed E-state index contributed by atoms with van der Waals surface area (Å²) in [5.41, 5.74) is 0. The second-order valence-corrected chi connectivity index (χ2v) is 3.92. The van der Waals surface area contributed by atoms with E-state index in [1.807, 2.05) is 0 Å². The summed E-state index contributed by atoms with van der Waals surface area (Å²) >= 11 is 0. The molecule has 1 aliphatic carbocycles. The van der Waals surface area contributed by atoms with Gasteiger partial charge in [0, 0.05) is 12.6 Å². The number of carbonyl (C=O) groups is 2. The van der Waals surface area contributed by atoms with Gasteiger partial charge in [-0.25, -0.2) is 0 Å². The zero-order valence-electron chi connectivity index (χ0n) is 9.19. The van der Waals surface area contributed by atoms with Crippen molar-refractivity contribution in [1.82, 2.24) is 10.2 Å². The Balaban J connectivity index is 2.49. The minimum atomic E-state index is -0.856. The molecule has 0 spiro atoms. The Bertz CT molecular complexity index is 251. The van der Waals surface area contributed by atoms with E-state index in [0.29, 0.717) is 6.54 Å². The van der Waals surface area contributed by atoms with E-state index in [2.05, 4.69) is 5.32 Å². The third-order valence-electron chi connectivity index (χ3n) is 2.64. The minimum Gasteiger partial charge on any atom is -0.481 e. The molecule has 1 saturated carbocycles. The topological polar surface area (TPSA) is 69.6 Å². The highest BCUT2D eigenvalue weighted by Gasteiger charge is 2.34. The van der Waals surface area contributed by atoms with Crippen LogP contribution >= 0.6 is 0 Å². The van der Waals surface area contributed by atoms with E-state index in [1.54, 1.807) is 18.9 Å². The van der Waals surface area contributed by atoms with Gasteiger partial charge in [0.05, 0.1) is 12.5 Å². The van der Waals surface area contributed by atoms with Crippen LogP contribution in [0.15, 0.2) is 0 Å². The van der Waals surface area contributed by atoms with Crippen LogP contribution in [0.5, 0.6) is 0 Å². The summed E-state index contributed by atoms with van der Waals surface area (Å²) in [6.07, 6.45) is 2.03. The second-order valence-electron chi connectivity index (χ2n) is 3.92. The number of hydrogen-bond donors (Lipinski definition) is 2. The zero-order chi connectivity index (χ0) is 11.4. The number of hydrogen-bond acceptors (Lipinski definition) is 3. The van der Waals surface area contributed by atoms with Crippen molar-refractivity contribution in [1.29, 1.82) is 0 Å². The van der Waals surface area contributed by atoms with Crippen LogP contribution in [-0.2, 0) is 9.59 Å². The Labute approximate surface area is 89.4 Å². The molecule has 86 valence electrons. The van der Waals surface area contributed by atoms with E-state index in [9.17, 15) is 9.59 Å². The van der Waals surface area contributed by atoms with Crippen LogP contribution in [0, 0.1) is 0 Å². The lowest BCUT2D eigenvalue weighted by molar-refractivity contribution is -0.139. The lowest BCUT2D eigenvalue weighted by Gasteiger charge is -2.24. The number of carbonyl (C=O) groups excluding carboxylic acids is 1. The standard InChI is InChI=1S/C10H18N2O3/c1-7(11-2)10(15)12(8-3-4-8)6-5-9(13)14/h7-8,11H,3-6H2,1-2H3,(H,13,14). The van der Waals surface area contributed by atoms with Crippen LogP contribution in [0.2, 0.25) is 0 Å². The molecule has 0 radical (unpaired) electrons. The van der Waals surface area contributed by atoms with E-state index >= 15 is 0 Å². The van der Waals surface area contributed by atoms with Gasteiger partial charge in [0.25, 0.3) is 0 Å². The maximum atomic E-state index is 11.8. The molecule has 0 saturated heterocycles. The summed E-state index contributed by atoms with van der Waals surface area (Å²) in [5.74, 6) is -0.855. The van der Waals surface area contributed by atoms with Gasteiger partial charge < -0.3 is 15.3 Å². The molecule has 1 fully saturated rings. The van der Waals surface area contributed by atoms with E-state index in [0.717, 1.165) is 12.8 Å². The molecule has 0 aliphatic heterocycles. The van der Waals surface area contributed by atoms with Crippen LogP contribution in [0.25, 0.3) is 0 Å². The number of nitrogens with one attached hydrogen (secondary N) is 1. The average molecular weight is 214 g/mol. The number of rotatable bonds is 6. The molecule has 1 atom stereocenters. The SMILES string of the molecule is CNC(C)C(=O)N(CCC(=O)O)C1CC1. The molecule has 5 nitrogen and oxygen atoms in total. The third-order valence-corrected chi connectivity index (χ3v) is 2.64. The molecule has 2 N–H and O–H groups in total. The Morgan fingerprint density at radius 1 is 1.53 bits per heavy atom. The highest BCUT2D eigenvalue weighted by Crippen LogP contribution is 2.27. The smallest absolute Gasteiger partial charge is 0.305 e. The first kappa shape index (κ1) is 12.0. The van der Waals surface area contributed by atoms with Crippen molar-refractivity contribution in [3.8, 4) is 0 Å². The summed E-state index contributed by atoms with van der Waals surface area (Å²) in [6, 6.07) is 0.0343. The van der Waals surface area contributed by atoms with Gasteiger partial charge in [-0.05, 0) is 26.8 Å². The van der Waals surface area contributed by atoms with Crippen LogP contribution in [-0.4, -0.2) is 47.6 Å². The van der Waals surface area contributed by atoms with Crippen molar-refractivity contribution in [2.45, 2.75) is 38.3 Å².